The molecule has 0 atom stereocenters. The first-order valence-electron chi connectivity index (χ1n) is 8.48. The first-order valence-corrected chi connectivity index (χ1v) is 10.1. The van der Waals surface area contributed by atoms with E-state index in [0.717, 1.165) is 25.2 Å². The number of carbonyl (C=O) groups is 1. The number of halogens is 2. The van der Waals surface area contributed by atoms with Gasteiger partial charge in [-0.15, -0.1) is 11.3 Å². The molecule has 1 N–H and O–H groups in total. The predicted molar refractivity (Wildman–Crippen MR) is 105 cm³/mol. The molecule has 25 heavy (non-hydrogen) atoms. The summed E-state index contributed by atoms with van der Waals surface area (Å²) in [4.78, 5) is 20.0. The van der Waals surface area contributed by atoms with Crippen molar-refractivity contribution >= 4 is 40.4 Å². The molecule has 1 saturated heterocycles. The smallest absolute Gasteiger partial charge is 0.263 e. The van der Waals surface area contributed by atoms with Crippen LogP contribution in [0.3, 0.4) is 0 Å². The maximum atomic E-state index is 12.5. The first-order chi connectivity index (χ1) is 12.1. The average Bonchev–Trinajstić information content (AvgIpc) is 3.00. The Morgan fingerprint density at radius 2 is 2.04 bits per heavy atom. The molecule has 0 unspecified atom stereocenters. The third-order valence-corrected chi connectivity index (χ3v) is 6.36. The minimum Gasteiger partial charge on any atom is -0.350 e. The molecule has 1 amide bonds. The highest BCUT2D eigenvalue weighted by Gasteiger charge is 2.18. The zero-order chi connectivity index (χ0) is 17.8. The number of nitrogens with one attached hydrogen (secondary N) is 1. The van der Waals surface area contributed by atoms with E-state index in [0.29, 0.717) is 32.2 Å². The SMILES string of the molecule is Cc1nc(-c2cccc(Cl)c2Cl)sc1C(=O)NCCN1CCCCC1. The van der Waals surface area contributed by atoms with Crippen LogP contribution < -0.4 is 5.32 Å². The van der Waals surface area contributed by atoms with E-state index in [2.05, 4.69) is 15.2 Å². The highest BCUT2D eigenvalue weighted by molar-refractivity contribution is 7.17. The number of benzene rings is 1. The molecule has 0 aliphatic carbocycles. The molecular weight excluding hydrogens is 377 g/mol. The van der Waals surface area contributed by atoms with Gasteiger partial charge >= 0.3 is 0 Å². The number of amides is 1. The van der Waals surface area contributed by atoms with Crippen molar-refractivity contribution in [3.05, 3.63) is 38.8 Å². The van der Waals surface area contributed by atoms with Crippen molar-refractivity contribution in [3.63, 3.8) is 0 Å². The van der Waals surface area contributed by atoms with Crippen LogP contribution in [0.5, 0.6) is 0 Å². The molecule has 0 bridgehead atoms. The number of hydrogen-bond donors (Lipinski definition) is 1. The summed E-state index contributed by atoms with van der Waals surface area (Å²) in [5.74, 6) is -0.0728. The summed E-state index contributed by atoms with van der Waals surface area (Å²) in [7, 11) is 0. The Kier molecular flexibility index (Phi) is 6.34. The zero-order valence-electron chi connectivity index (χ0n) is 14.1. The molecule has 1 aliphatic heterocycles. The molecule has 1 fully saturated rings. The van der Waals surface area contributed by atoms with Crippen LogP contribution in [0.4, 0.5) is 0 Å². The van der Waals surface area contributed by atoms with Crippen molar-refractivity contribution in [3.8, 4) is 10.6 Å². The minimum atomic E-state index is -0.0728. The average molecular weight is 398 g/mol. The maximum absolute atomic E-state index is 12.5. The molecule has 1 aliphatic rings. The van der Waals surface area contributed by atoms with Crippen molar-refractivity contribution in [2.75, 3.05) is 26.2 Å². The van der Waals surface area contributed by atoms with E-state index in [-0.39, 0.29) is 5.91 Å². The number of aryl methyl sites for hydroxylation is 1. The lowest BCUT2D eigenvalue weighted by molar-refractivity contribution is 0.0950. The number of nitrogens with zero attached hydrogens (tertiary/aromatic N) is 2. The first kappa shape index (κ1) is 18.6. The second kappa shape index (κ2) is 8.49. The lowest BCUT2D eigenvalue weighted by Crippen LogP contribution is -2.37. The Balaban J connectivity index is 1.65. The summed E-state index contributed by atoms with van der Waals surface area (Å²) < 4.78 is 0. The Morgan fingerprint density at radius 1 is 1.28 bits per heavy atom. The van der Waals surface area contributed by atoms with Crippen LogP contribution in [-0.2, 0) is 0 Å². The molecule has 1 aromatic heterocycles. The summed E-state index contributed by atoms with van der Waals surface area (Å²) in [5, 5.41) is 4.68. The number of thiazole rings is 1. The van der Waals surface area contributed by atoms with Gasteiger partial charge in [-0.1, -0.05) is 41.8 Å². The lowest BCUT2D eigenvalue weighted by Gasteiger charge is -2.26. The van der Waals surface area contributed by atoms with Gasteiger partial charge in [-0.25, -0.2) is 4.98 Å². The van der Waals surface area contributed by atoms with E-state index in [9.17, 15) is 4.79 Å². The van der Waals surface area contributed by atoms with Gasteiger partial charge in [-0.2, -0.15) is 0 Å². The van der Waals surface area contributed by atoms with Crippen molar-refractivity contribution in [1.29, 1.82) is 0 Å². The Labute approximate surface area is 162 Å². The van der Waals surface area contributed by atoms with Gasteiger partial charge in [0.25, 0.3) is 5.91 Å². The van der Waals surface area contributed by atoms with Gasteiger partial charge in [0.15, 0.2) is 0 Å². The fraction of sp³-hybridized carbons (Fsp3) is 0.444. The maximum Gasteiger partial charge on any atom is 0.263 e. The second-order valence-electron chi connectivity index (χ2n) is 6.19. The summed E-state index contributed by atoms with van der Waals surface area (Å²) in [6, 6.07) is 5.44. The summed E-state index contributed by atoms with van der Waals surface area (Å²) in [5.41, 5.74) is 1.47. The topological polar surface area (TPSA) is 45.2 Å². The number of rotatable bonds is 5. The van der Waals surface area contributed by atoms with Crippen molar-refractivity contribution < 1.29 is 4.79 Å². The van der Waals surface area contributed by atoms with E-state index in [1.165, 1.54) is 30.6 Å². The monoisotopic (exact) mass is 397 g/mol. The van der Waals surface area contributed by atoms with Gasteiger partial charge in [0.1, 0.15) is 9.88 Å². The van der Waals surface area contributed by atoms with Gasteiger partial charge in [0, 0.05) is 18.7 Å². The standard InChI is InChI=1S/C18H21Cl2N3OS/c1-12-16(17(24)21-8-11-23-9-3-2-4-10-23)25-18(22-12)13-6-5-7-14(19)15(13)20/h5-7H,2-4,8-11H2,1H3,(H,21,24). The van der Waals surface area contributed by atoms with E-state index in [4.69, 9.17) is 23.2 Å². The van der Waals surface area contributed by atoms with Crippen molar-refractivity contribution in [1.82, 2.24) is 15.2 Å². The van der Waals surface area contributed by atoms with E-state index >= 15 is 0 Å². The van der Waals surface area contributed by atoms with Crippen molar-refractivity contribution in [2.24, 2.45) is 0 Å². The van der Waals surface area contributed by atoms with Crippen LogP contribution in [0.25, 0.3) is 10.6 Å². The molecule has 2 heterocycles. The zero-order valence-corrected chi connectivity index (χ0v) is 16.5. The van der Waals surface area contributed by atoms with Gasteiger partial charge < -0.3 is 10.2 Å². The van der Waals surface area contributed by atoms with Gasteiger partial charge in [-0.3, -0.25) is 4.79 Å². The van der Waals surface area contributed by atoms with Crippen molar-refractivity contribution in [2.45, 2.75) is 26.2 Å². The number of hydrogen-bond acceptors (Lipinski definition) is 4. The molecule has 134 valence electrons. The van der Waals surface area contributed by atoms with Crippen LogP contribution in [0, 0.1) is 6.92 Å². The fourth-order valence-corrected chi connectivity index (χ4v) is 4.44. The highest BCUT2D eigenvalue weighted by atomic mass is 35.5. The van der Waals surface area contributed by atoms with E-state index < -0.39 is 0 Å². The Hall–Kier alpha value is -1.14. The van der Waals surface area contributed by atoms with Crippen LogP contribution in [0.2, 0.25) is 10.0 Å². The molecule has 3 rings (SSSR count). The lowest BCUT2D eigenvalue weighted by atomic mass is 10.1. The number of aromatic nitrogens is 1. The molecule has 2 aromatic rings. The quantitative estimate of drug-likeness (QED) is 0.798. The molecule has 0 saturated carbocycles. The molecule has 4 nitrogen and oxygen atoms in total. The third kappa shape index (κ3) is 4.53. The van der Waals surface area contributed by atoms with Gasteiger partial charge in [0.05, 0.1) is 15.7 Å². The van der Waals surface area contributed by atoms with Gasteiger partial charge in [-0.05, 0) is 38.9 Å². The van der Waals surface area contributed by atoms with E-state index in [1.54, 1.807) is 6.07 Å². The second-order valence-corrected chi connectivity index (χ2v) is 7.98. The number of carbonyl (C=O) groups excluding carboxylic acids is 1. The third-order valence-electron chi connectivity index (χ3n) is 4.35. The Bertz CT molecular complexity index is 757. The molecular formula is C18H21Cl2N3OS. The fourth-order valence-electron chi connectivity index (χ4n) is 2.98. The van der Waals surface area contributed by atoms with Crippen LogP contribution in [0.15, 0.2) is 18.2 Å². The number of piperidine rings is 1. The van der Waals surface area contributed by atoms with Crippen LogP contribution >= 0.6 is 34.5 Å². The van der Waals surface area contributed by atoms with Crippen LogP contribution in [-0.4, -0.2) is 42.0 Å². The van der Waals surface area contributed by atoms with E-state index in [1.807, 2.05) is 19.1 Å². The summed E-state index contributed by atoms with van der Waals surface area (Å²) in [6.07, 6.45) is 3.83. The normalized spacial score (nSPS) is 15.3. The molecule has 0 spiro atoms. The summed E-state index contributed by atoms with van der Waals surface area (Å²) in [6.45, 7) is 5.66. The highest BCUT2D eigenvalue weighted by Crippen LogP contribution is 2.36. The van der Waals surface area contributed by atoms with Gasteiger partial charge in [0.2, 0.25) is 0 Å². The van der Waals surface area contributed by atoms with Crippen LogP contribution in [0.1, 0.15) is 34.6 Å². The molecule has 7 heteroatoms. The molecule has 1 aromatic carbocycles. The minimum absolute atomic E-state index is 0.0728. The predicted octanol–water partition coefficient (Wildman–Crippen LogP) is 4.64. The summed E-state index contributed by atoms with van der Waals surface area (Å²) >= 11 is 13.7. The Morgan fingerprint density at radius 3 is 2.80 bits per heavy atom. The largest absolute Gasteiger partial charge is 0.350 e. The number of likely N-dealkylation sites (tertiary alicyclic amines) is 1. The molecule has 0 radical (unpaired) electrons.